The molecule has 1 rings (SSSR count). The van der Waals surface area contributed by atoms with Crippen molar-refractivity contribution >= 4 is 0 Å². The van der Waals surface area contributed by atoms with Crippen LogP contribution >= 0.6 is 0 Å². The van der Waals surface area contributed by atoms with Gasteiger partial charge in [-0.15, -0.1) is 0 Å². The summed E-state index contributed by atoms with van der Waals surface area (Å²) in [7, 11) is 0. The molecule has 0 aromatic rings. The third-order valence-corrected chi connectivity index (χ3v) is 3.66. The Balaban J connectivity index is 0.00000211. The van der Waals surface area contributed by atoms with E-state index in [4.69, 9.17) is 5.73 Å². The normalized spacial score (nSPS) is 16.4. The van der Waals surface area contributed by atoms with E-state index >= 15 is 0 Å². The molecule has 0 aromatic heterocycles. The van der Waals surface area contributed by atoms with Gasteiger partial charge in [0.2, 0.25) is 0 Å². The molecule has 0 heterocycles. The average molecular weight is 300 g/mol. The lowest BCUT2D eigenvalue weighted by atomic mass is 9.91. The molecular weight excluding hydrogens is 266 g/mol. The second kappa shape index (κ2) is 10.9. The maximum atomic E-state index is 5.50. The van der Waals surface area contributed by atoms with E-state index in [1.807, 2.05) is 13.8 Å². The Morgan fingerprint density at radius 1 is 1.00 bits per heavy atom. The van der Waals surface area contributed by atoms with Gasteiger partial charge in [-0.2, -0.15) is 0 Å². The number of hydrogen-bond acceptors (Lipinski definition) is 1. The molecule has 0 saturated carbocycles. The van der Waals surface area contributed by atoms with Crippen LogP contribution in [0.2, 0.25) is 0 Å². The van der Waals surface area contributed by atoms with E-state index in [0.29, 0.717) is 0 Å². The summed E-state index contributed by atoms with van der Waals surface area (Å²) in [6.07, 6.45) is 13.7. The molecule has 1 nitrogen and oxygen atoms in total. The van der Waals surface area contributed by atoms with Gasteiger partial charge < -0.3 is 5.73 Å². The van der Waals surface area contributed by atoms with Gasteiger partial charge in [-0.1, -0.05) is 61.4 Å². The fourth-order valence-corrected chi connectivity index (χ4v) is 2.25. The molecule has 1 aliphatic rings. The van der Waals surface area contributed by atoms with Crippen molar-refractivity contribution in [2.24, 2.45) is 5.73 Å². The molecule has 122 valence electrons. The molecule has 2 N–H and O–H groups in total. The van der Waals surface area contributed by atoms with Gasteiger partial charge in [0, 0.05) is 0 Å². The van der Waals surface area contributed by atoms with Crippen LogP contribution in [0.4, 0.5) is 0 Å². The predicted molar refractivity (Wildman–Crippen MR) is 102 cm³/mol. The summed E-state index contributed by atoms with van der Waals surface area (Å²) >= 11 is 0. The standard InChI is InChI=1S/C19H27N.C2H6/c1-14(2)18-8-10-19(11-9-18)17(5)7-6-15(3)12-16(4)13-20;1-2/h6-8,10,13H,1,9,11-12,20H2,2-5H3;1-2H3/b15-6+,16-13-,17-7+;. The molecule has 0 bridgehead atoms. The van der Waals surface area contributed by atoms with E-state index in [9.17, 15) is 0 Å². The molecule has 0 aromatic carbocycles. The summed E-state index contributed by atoms with van der Waals surface area (Å²) in [5, 5.41) is 0. The van der Waals surface area contributed by atoms with Crippen LogP contribution in [-0.4, -0.2) is 0 Å². The van der Waals surface area contributed by atoms with Gasteiger partial charge in [-0.05, 0) is 69.9 Å². The third kappa shape index (κ3) is 7.31. The lowest BCUT2D eigenvalue weighted by Crippen LogP contribution is -1.95. The Morgan fingerprint density at radius 3 is 2.00 bits per heavy atom. The molecule has 0 amide bonds. The van der Waals surface area contributed by atoms with Crippen molar-refractivity contribution in [1.82, 2.24) is 0 Å². The summed E-state index contributed by atoms with van der Waals surface area (Å²) in [6.45, 7) is 16.5. The second-order valence-electron chi connectivity index (χ2n) is 5.72. The highest BCUT2D eigenvalue weighted by atomic mass is 14.5. The molecule has 0 radical (unpaired) electrons. The molecule has 0 atom stereocenters. The van der Waals surface area contributed by atoms with Gasteiger partial charge in [-0.25, -0.2) is 0 Å². The molecule has 0 fully saturated rings. The highest BCUT2D eigenvalue weighted by Gasteiger charge is 2.07. The van der Waals surface area contributed by atoms with Crippen molar-refractivity contribution in [2.45, 2.75) is 60.8 Å². The maximum absolute atomic E-state index is 5.50. The van der Waals surface area contributed by atoms with E-state index in [1.54, 1.807) is 6.20 Å². The van der Waals surface area contributed by atoms with Crippen molar-refractivity contribution in [3.05, 3.63) is 70.5 Å². The number of rotatable bonds is 5. The first-order chi connectivity index (χ1) is 10.4. The zero-order chi connectivity index (χ0) is 17.1. The van der Waals surface area contributed by atoms with Crippen LogP contribution in [-0.2, 0) is 0 Å². The van der Waals surface area contributed by atoms with Gasteiger partial charge in [0.15, 0.2) is 0 Å². The molecular formula is C21H33N. The summed E-state index contributed by atoms with van der Waals surface area (Å²) in [5.41, 5.74) is 13.4. The first kappa shape index (κ1) is 20.2. The zero-order valence-corrected chi connectivity index (χ0v) is 15.3. The van der Waals surface area contributed by atoms with Gasteiger partial charge in [0.05, 0.1) is 0 Å². The Hall–Kier alpha value is -1.76. The van der Waals surface area contributed by atoms with Gasteiger partial charge in [-0.3, -0.25) is 0 Å². The minimum Gasteiger partial charge on any atom is -0.405 e. The summed E-state index contributed by atoms with van der Waals surface area (Å²) in [6, 6.07) is 0. The monoisotopic (exact) mass is 299 g/mol. The second-order valence-corrected chi connectivity index (χ2v) is 5.72. The van der Waals surface area contributed by atoms with Crippen molar-refractivity contribution in [1.29, 1.82) is 0 Å². The Kier molecular flexibility index (Phi) is 10.0. The highest BCUT2D eigenvalue weighted by molar-refractivity contribution is 5.43. The van der Waals surface area contributed by atoms with E-state index in [0.717, 1.165) is 19.3 Å². The van der Waals surface area contributed by atoms with E-state index in [1.165, 1.54) is 33.4 Å². The van der Waals surface area contributed by atoms with E-state index in [-0.39, 0.29) is 0 Å². The molecule has 0 aliphatic heterocycles. The van der Waals surface area contributed by atoms with E-state index < -0.39 is 0 Å². The fraction of sp³-hybridized carbons (Fsp3) is 0.429. The number of hydrogen-bond donors (Lipinski definition) is 1. The van der Waals surface area contributed by atoms with Crippen LogP contribution in [0, 0.1) is 0 Å². The van der Waals surface area contributed by atoms with Crippen LogP contribution in [0.15, 0.2) is 70.5 Å². The quantitative estimate of drug-likeness (QED) is 0.585. The first-order valence-corrected chi connectivity index (χ1v) is 8.21. The third-order valence-electron chi connectivity index (χ3n) is 3.66. The van der Waals surface area contributed by atoms with Gasteiger partial charge in [0.1, 0.15) is 0 Å². The lowest BCUT2D eigenvalue weighted by Gasteiger charge is -2.15. The Bertz CT molecular complexity index is 522. The highest BCUT2D eigenvalue weighted by Crippen LogP contribution is 2.27. The van der Waals surface area contributed by atoms with Crippen molar-refractivity contribution in [2.75, 3.05) is 0 Å². The van der Waals surface area contributed by atoms with Crippen LogP contribution in [0.25, 0.3) is 0 Å². The van der Waals surface area contributed by atoms with Gasteiger partial charge in [0.25, 0.3) is 0 Å². The largest absolute Gasteiger partial charge is 0.405 e. The molecule has 0 unspecified atom stereocenters. The van der Waals surface area contributed by atoms with Crippen molar-refractivity contribution in [3.63, 3.8) is 0 Å². The maximum Gasteiger partial charge on any atom is -0.00700 e. The smallest absolute Gasteiger partial charge is 0.00700 e. The number of nitrogens with two attached hydrogens (primary N) is 1. The Labute approximate surface area is 137 Å². The van der Waals surface area contributed by atoms with E-state index in [2.05, 4.69) is 58.6 Å². The van der Waals surface area contributed by atoms with Crippen LogP contribution < -0.4 is 5.73 Å². The lowest BCUT2D eigenvalue weighted by molar-refractivity contribution is 0.919. The Morgan fingerprint density at radius 2 is 1.55 bits per heavy atom. The summed E-state index contributed by atoms with van der Waals surface area (Å²) in [5.74, 6) is 0. The van der Waals surface area contributed by atoms with Gasteiger partial charge >= 0.3 is 0 Å². The SMILES string of the molecule is C=C(C)C1=CC=C(/C(C)=C/C=C(\C)C/C(C)=C\N)CC1.CC. The van der Waals surface area contributed by atoms with Crippen LogP contribution in [0.5, 0.6) is 0 Å². The molecule has 22 heavy (non-hydrogen) atoms. The molecule has 1 aliphatic carbocycles. The molecule has 0 spiro atoms. The molecule has 0 saturated heterocycles. The summed E-state index contributed by atoms with van der Waals surface area (Å²) in [4.78, 5) is 0. The molecule has 1 heteroatoms. The average Bonchev–Trinajstić information content (AvgIpc) is 2.54. The number of allylic oxidation sites excluding steroid dienone is 10. The first-order valence-electron chi connectivity index (χ1n) is 8.21. The minimum absolute atomic E-state index is 0.943. The zero-order valence-electron chi connectivity index (χ0n) is 15.3. The minimum atomic E-state index is 0.943. The van der Waals surface area contributed by atoms with Crippen LogP contribution in [0.1, 0.15) is 60.8 Å². The van der Waals surface area contributed by atoms with Crippen molar-refractivity contribution < 1.29 is 0 Å². The topological polar surface area (TPSA) is 26.0 Å². The predicted octanol–water partition coefficient (Wildman–Crippen LogP) is 6.38. The summed E-state index contributed by atoms with van der Waals surface area (Å²) < 4.78 is 0. The fourth-order valence-electron chi connectivity index (χ4n) is 2.25. The van der Waals surface area contributed by atoms with Crippen LogP contribution in [0.3, 0.4) is 0 Å². The van der Waals surface area contributed by atoms with Crippen molar-refractivity contribution in [3.8, 4) is 0 Å².